The van der Waals surface area contributed by atoms with Crippen LogP contribution in [0.1, 0.15) is 0 Å². The molecule has 0 aromatic rings. The van der Waals surface area contributed by atoms with E-state index in [0.29, 0.717) is 0 Å². The second-order valence-electron chi connectivity index (χ2n) is 10.5. The summed E-state index contributed by atoms with van der Waals surface area (Å²) < 4.78 is 1.03. The summed E-state index contributed by atoms with van der Waals surface area (Å²) in [5.74, 6) is 0. The van der Waals surface area contributed by atoms with Crippen LogP contribution in [0.5, 0.6) is 0 Å². The van der Waals surface area contributed by atoms with Gasteiger partial charge in [0, 0.05) is 0 Å². The number of hydrogen-bond acceptors (Lipinski definition) is 1. The van der Waals surface area contributed by atoms with Gasteiger partial charge in [-0.2, -0.15) is 0 Å². The summed E-state index contributed by atoms with van der Waals surface area (Å²) >= 11 is 0. The average Bonchev–Trinajstić information content (AvgIpc) is 3.13. The minimum atomic E-state index is -2.66. The third-order valence-corrected chi connectivity index (χ3v) is 57.6. The molecule has 1 nitrogen and oxygen atoms in total. The van der Waals surface area contributed by atoms with Crippen molar-refractivity contribution in [1.82, 2.24) is 4.90 Å². The Morgan fingerprint density at radius 2 is 1.21 bits per heavy atom. The quantitative estimate of drug-likeness (QED) is 0.625. The summed E-state index contributed by atoms with van der Waals surface area (Å²) in [7, 11) is 4.92. The van der Waals surface area contributed by atoms with Gasteiger partial charge in [0.1, 0.15) is 0 Å². The summed E-state index contributed by atoms with van der Waals surface area (Å²) in [5, 5.41) is 0. The Morgan fingerprint density at radius 3 is 1.29 bits per heavy atom. The molecule has 0 amide bonds. The zero-order valence-corrected chi connectivity index (χ0v) is 9.60. The first-order chi connectivity index (χ1) is 6.49. The van der Waals surface area contributed by atoms with Gasteiger partial charge in [-0.3, -0.25) is 0 Å². The predicted molar refractivity (Wildman–Crippen MR) is 50.2 cm³/mol. The summed E-state index contributed by atoms with van der Waals surface area (Å²) in [6, 6.07) is 0. The monoisotopic (exact) mass is 229 g/mol. The van der Waals surface area contributed by atoms with Crippen molar-refractivity contribution in [3.8, 4) is 0 Å². The van der Waals surface area contributed by atoms with Gasteiger partial charge < -0.3 is 0 Å². The molecule has 0 N–H and O–H groups in total. The van der Waals surface area contributed by atoms with E-state index < -0.39 is 6.51 Å². The topological polar surface area (TPSA) is 3.24 Å². The van der Waals surface area contributed by atoms with E-state index in [1.165, 1.54) is 43.3 Å². The van der Waals surface area contributed by atoms with E-state index in [-0.39, 0.29) is 0 Å². The molecule has 76 valence electrons. The van der Waals surface area contributed by atoms with Gasteiger partial charge in [-0.05, 0) is 0 Å². The molecule has 10 aliphatic heterocycles. The van der Waals surface area contributed by atoms with Crippen LogP contribution in [0, 0.1) is 0 Å². The number of hydrogen-bond donors (Lipinski definition) is 0. The predicted octanol–water partition coefficient (Wildman–Crippen LogP) is 2.84. The summed E-state index contributed by atoms with van der Waals surface area (Å²) in [6.45, 7) is -2.66. The van der Waals surface area contributed by atoms with E-state index in [9.17, 15) is 0 Å². The van der Waals surface area contributed by atoms with E-state index in [1.807, 2.05) is 0 Å². The molecule has 0 aromatic heterocycles. The molecule has 10 rings (SSSR count). The van der Waals surface area contributed by atoms with Gasteiger partial charge in [-0.15, -0.1) is 0 Å². The fourth-order valence-corrected chi connectivity index (χ4v) is 92.2. The molecule has 10 aliphatic rings. The van der Waals surface area contributed by atoms with Gasteiger partial charge in [-0.25, -0.2) is 0 Å². The Kier molecular flexibility index (Phi) is 0.108. The van der Waals surface area contributed by atoms with Crippen LogP contribution < -0.4 is 0 Å². The van der Waals surface area contributed by atoms with E-state index in [2.05, 4.69) is 19.0 Å². The van der Waals surface area contributed by atoms with Crippen molar-refractivity contribution in [1.29, 1.82) is 0 Å². The van der Waals surface area contributed by atoms with Crippen molar-refractivity contribution in [3.05, 3.63) is 0 Å². The van der Waals surface area contributed by atoms with Crippen LogP contribution in [0.4, 0.5) is 0 Å². The van der Waals surface area contributed by atoms with Crippen LogP contribution >= 0.6 is 0 Å². The third kappa shape index (κ3) is 0.0341. The maximum atomic E-state index is 2.82. The van der Waals surface area contributed by atoms with E-state index in [4.69, 9.17) is 0 Å². The molecule has 0 saturated carbocycles. The summed E-state index contributed by atoms with van der Waals surface area (Å²) in [6.07, 6.45) is 0. The van der Waals surface area contributed by atoms with Crippen molar-refractivity contribution in [2.45, 2.75) is 47.8 Å². The zero-order valence-electron chi connectivity index (χ0n) is 8.50. The van der Waals surface area contributed by atoms with Crippen molar-refractivity contribution >= 4 is 0 Å². The van der Waals surface area contributed by atoms with E-state index in [1.54, 1.807) is 0 Å². The summed E-state index contributed by atoms with van der Waals surface area (Å²) in [4.78, 5) is 16.3. The van der Waals surface area contributed by atoms with Crippen molar-refractivity contribution in [2.24, 2.45) is 0 Å². The Hall–Kier alpha value is 0.479. The Bertz CT molecular complexity index is 800. The molecule has 4 unspecified atom stereocenters. The first-order valence-corrected chi connectivity index (χ1v) is 12.7. The molecular weight excluding hydrogens is 214 g/mol. The van der Waals surface area contributed by atoms with Crippen LogP contribution in [-0.4, -0.2) is 23.4 Å². The Labute approximate surface area is 73.5 Å². The van der Waals surface area contributed by atoms with Crippen molar-refractivity contribution in [3.63, 3.8) is 0 Å². The fraction of sp³-hybridized carbons (Fsp3) is 1.00. The van der Waals surface area contributed by atoms with Gasteiger partial charge in [0.15, 0.2) is 0 Å². The molecule has 0 radical (unpaired) electrons. The molecule has 10 heterocycles. The molecule has 10 fully saturated rings. The first-order valence-electron chi connectivity index (χ1n) is 6.38. The zero-order chi connectivity index (χ0) is 8.59. The van der Waals surface area contributed by atoms with E-state index >= 15 is 0 Å². The normalized spacial score (nSPS) is 143. The molecule has 4 atom stereocenters. The van der Waals surface area contributed by atoms with Crippen LogP contribution in [0.25, 0.3) is 0 Å². The minimum absolute atomic E-state index is 1.03. The van der Waals surface area contributed by atoms with Gasteiger partial charge in [-0.1, -0.05) is 0 Å². The van der Waals surface area contributed by atoms with Crippen LogP contribution in [-0.2, 0) is 6.51 Å². The number of fused-ring (bicyclic) bond motifs is 10. The molecule has 14 heavy (non-hydrogen) atoms. The van der Waals surface area contributed by atoms with Gasteiger partial charge >= 0.3 is 73.3 Å². The van der Waals surface area contributed by atoms with Crippen molar-refractivity contribution < 1.29 is 6.51 Å². The van der Waals surface area contributed by atoms with Crippen LogP contribution in [0.3, 0.4) is 0 Å². The van der Waals surface area contributed by atoms with Crippen LogP contribution in [0.2, 0.25) is 43.3 Å². The van der Waals surface area contributed by atoms with Gasteiger partial charge in [0.05, 0.1) is 0 Å². The molecule has 0 aliphatic carbocycles. The van der Waals surface area contributed by atoms with Gasteiger partial charge in [0.2, 0.25) is 0 Å². The number of nitrogens with zero attached hydrogens (tertiary/aromatic N) is 1. The SMILES string of the molecule is CN(C)[C]12[CH]3[CH]4[CH]5[CH]1[Fe]45321678[CH]2[CH]1[CH]6[CH]7[CH]28. The van der Waals surface area contributed by atoms with E-state index in [0.717, 1.165) is 4.44 Å². The fourth-order valence-electron chi connectivity index (χ4n) is 17.3. The average molecular weight is 229 g/mol. The van der Waals surface area contributed by atoms with Crippen molar-refractivity contribution in [2.75, 3.05) is 14.1 Å². The molecule has 2 heteroatoms. The molecule has 10 saturated heterocycles. The second kappa shape index (κ2) is 0.316. The molecule has 1 spiro atoms. The maximum absolute atomic E-state index is 2.82. The number of rotatable bonds is 1. The second-order valence-corrected chi connectivity index (χ2v) is 34.1. The molecule has 0 aromatic carbocycles. The summed E-state index contributed by atoms with van der Waals surface area (Å²) in [5.41, 5.74) is 0. The Morgan fingerprint density at radius 1 is 0.786 bits per heavy atom. The van der Waals surface area contributed by atoms with Crippen LogP contribution in [0.15, 0.2) is 0 Å². The first kappa shape index (κ1) is 4.77. The van der Waals surface area contributed by atoms with Gasteiger partial charge in [0.25, 0.3) is 0 Å². The molecule has 0 bridgehead atoms. The molecular formula is C12H15FeN. The standard InChI is InChI=1S/C7H10N.C5H5.Fe/c1-8(2)7-5-3-4-6-7;1-2-4-5-3-1;/h3-6H,1-2H3;1-5H;. The Balaban J connectivity index is 1.94. The third-order valence-electron chi connectivity index (χ3n) is 15.3.